The molecule has 2 rings (SSSR count). The fourth-order valence-electron chi connectivity index (χ4n) is 2.64. The monoisotopic (exact) mass is 218 g/mol. The summed E-state index contributed by atoms with van der Waals surface area (Å²) in [6.45, 7) is 6.42. The summed E-state index contributed by atoms with van der Waals surface area (Å²) in [7, 11) is 0. The molecule has 1 aromatic heterocycles. The second-order valence-electron chi connectivity index (χ2n) is 5.01. The molecule has 1 heterocycles. The Hall–Kier alpha value is -1.05. The lowest BCUT2D eigenvalue weighted by Gasteiger charge is -2.16. The zero-order chi connectivity index (χ0) is 11.5. The summed E-state index contributed by atoms with van der Waals surface area (Å²) in [4.78, 5) is 4.49. The first kappa shape index (κ1) is 11.4. The predicted octanol–water partition coefficient (Wildman–Crippen LogP) is 3.69. The van der Waals surface area contributed by atoms with Gasteiger partial charge in [0.1, 0.15) is 0 Å². The Kier molecular flexibility index (Phi) is 3.47. The number of nitrogens with one attached hydrogen (secondary N) is 1. The predicted molar refractivity (Wildman–Crippen MR) is 68.8 cm³/mol. The molecule has 0 amide bonds. The third kappa shape index (κ3) is 2.55. The molecule has 1 aliphatic rings. The Bertz CT molecular complexity index is 360. The van der Waals surface area contributed by atoms with E-state index in [1.165, 1.54) is 31.4 Å². The van der Waals surface area contributed by atoms with Gasteiger partial charge in [0.25, 0.3) is 0 Å². The Labute approximate surface area is 98.5 Å². The van der Waals surface area contributed by atoms with Crippen LogP contribution in [0.4, 0.5) is 5.69 Å². The number of pyridine rings is 1. The fourth-order valence-corrected chi connectivity index (χ4v) is 2.64. The van der Waals surface area contributed by atoms with Gasteiger partial charge in [-0.25, -0.2) is 0 Å². The molecular weight excluding hydrogens is 196 g/mol. The third-order valence-corrected chi connectivity index (χ3v) is 3.70. The van der Waals surface area contributed by atoms with Crippen molar-refractivity contribution in [2.45, 2.75) is 52.5 Å². The highest BCUT2D eigenvalue weighted by Gasteiger charge is 2.23. The molecule has 2 atom stereocenters. The van der Waals surface area contributed by atoms with Crippen LogP contribution in [-0.4, -0.2) is 11.0 Å². The molecule has 0 aromatic carbocycles. The van der Waals surface area contributed by atoms with E-state index in [-0.39, 0.29) is 0 Å². The van der Waals surface area contributed by atoms with Crippen molar-refractivity contribution in [1.29, 1.82) is 0 Å². The van der Waals surface area contributed by atoms with Crippen molar-refractivity contribution in [2.24, 2.45) is 5.92 Å². The van der Waals surface area contributed by atoms with Crippen LogP contribution in [0.15, 0.2) is 12.1 Å². The number of anilines is 1. The molecule has 2 unspecified atom stereocenters. The lowest BCUT2D eigenvalue weighted by Crippen LogP contribution is -2.16. The number of hydrogen-bond donors (Lipinski definition) is 1. The van der Waals surface area contributed by atoms with Gasteiger partial charge in [-0.2, -0.15) is 0 Å². The molecule has 0 spiro atoms. The van der Waals surface area contributed by atoms with E-state index in [1.807, 2.05) is 6.92 Å². The normalized spacial score (nSPS) is 24.7. The molecule has 0 radical (unpaired) electrons. The second kappa shape index (κ2) is 4.86. The van der Waals surface area contributed by atoms with Crippen LogP contribution in [0.5, 0.6) is 0 Å². The molecule has 2 heteroatoms. The molecule has 88 valence electrons. The molecule has 1 aromatic rings. The lowest BCUT2D eigenvalue weighted by atomic mass is 10.1. The summed E-state index contributed by atoms with van der Waals surface area (Å²) in [6, 6.07) is 4.91. The van der Waals surface area contributed by atoms with E-state index in [9.17, 15) is 0 Å². The molecule has 1 fully saturated rings. The van der Waals surface area contributed by atoms with Crippen molar-refractivity contribution in [1.82, 2.24) is 4.98 Å². The maximum Gasteiger partial charge on any atom is 0.0606 e. The SMILES string of the molecule is CCC1CCC(Nc2ccc(C)nc2C)C1. The fraction of sp³-hybridized carbons (Fsp3) is 0.643. The van der Waals surface area contributed by atoms with E-state index in [1.54, 1.807) is 0 Å². The molecule has 2 nitrogen and oxygen atoms in total. The molecular formula is C14H22N2. The van der Waals surface area contributed by atoms with E-state index in [4.69, 9.17) is 0 Å². The minimum atomic E-state index is 0.660. The van der Waals surface area contributed by atoms with Crippen molar-refractivity contribution in [3.8, 4) is 0 Å². The van der Waals surface area contributed by atoms with E-state index in [2.05, 4.69) is 36.3 Å². The first-order valence-electron chi connectivity index (χ1n) is 6.39. The van der Waals surface area contributed by atoms with Crippen molar-refractivity contribution in [2.75, 3.05) is 5.32 Å². The van der Waals surface area contributed by atoms with Gasteiger partial charge in [-0.05, 0) is 51.2 Å². The topological polar surface area (TPSA) is 24.9 Å². The molecule has 16 heavy (non-hydrogen) atoms. The van der Waals surface area contributed by atoms with Gasteiger partial charge in [0.2, 0.25) is 0 Å². The average molecular weight is 218 g/mol. The smallest absolute Gasteiger partial charge is 0.0606 e. The summed E-state index contributed by atoms with van der Waals surface area (Å²) < 4.78 is 0. The largest absolute Gasteiger partial charge is 0.381 e. The molecule has 1 saturated carbocycles. The highest BCUT2D eigenvalue weighted by atomic mass is 14.9. The summed E-state index contributed by atoms with van der Waals surface area (Å²) in [5.41, 5.74) is 3.44. The zero-order valence-corrected chi connectivity index (χ0v) is 10.6. The van der Waals surface area contributed by atoms with Crippen LogP contribution in [0.1, 0.15) is 44.0 Å². The number of aromatic nitrogens is 1. The lowest BCUT2D eigenvalue weighted by molar-refractivity contribution is 0.525. The molecule has 1 aliphatic carbocycles. The Morgan fingerprint density at radius 3 is 2.75 bits per heavy atom. The van der Waals surface area contributed by atoms with Crippen molar-refractivity contribution < 1.29 is 0 Å². The maximum atomic E-state index is 4.49. The van der Waals surface area contributed by atoms with Gasteiger partial charge >= 0.3 is 0 Å². The standard InChI is InChI=1S/C14H22N2/c1-4-12-6-7-13(9-12)16-14-8-5-10(2)15-11(14)3/h5,8,12-13,16H,4,6-7,9H2,1-3H3. The van der Waals surface area contributed by atoms with E-state index in [0.717, 1.165) is 17.3 Å². The highest BCUT2D eigenvalue weighted by Crippen LogP contribution is 2.30. The van der Waals surface area contributed by atoms with Crippen LogP contribution in [0.3, 0.4) is 0 Å². The Balaban J connectivity index is 1.99. The van der Waals surface area contributed by atoms with Gasteiger partial charge < -0.3 is 5.32 Å². The van der Waals surface area contributed by atoms with Gasteiger partial charge in [0.05, 0.1) is 11.4 Å². The minimum Gasteiger partial charge on any atom is -0.381 e. The Morgan fingerprint density at radius 2 is 2.12 bits per heavy atom. The molecule has 0 bridgehead atoms. The van der Waals surface area contributed by atoms with Crippen LogP contribution in [-0.2, 0) is 0 Å². The number of aryl methyl sites for hydroxylation is 2. The first-order chi connectivity index (χ1) is 7.69. The zero-order valence-electron chi connectivity index (χ0n) is 10.6. The van der Waals surface area contributed by atoms with Gasteiger partial charge in [-0.3, -0.25) is 4.98 Å². The maximum absolute atomic E-state index is 4.49. The Morgan fingerprint density at radius 1 is 1.31 bits per heavy atom. The van der Waals surface area contributed by atoms with Crippen LogP contribution in [0.2, 0.25) is 0 Å². The number of nitrogens with zero attached hydrogens (tertiary/aromatic N) is 1. The van der Waals surface area contributed by atoms with E-state index < -0.39 is 0 Å². The summed E-state index contributed by atoms with van der Waals surface area (Å²) in [5.74, 6) is 0.927. The summed E-state index contributed by atoms with van der Waals surface area (Å²) >= 11 is 0. The van der Waals surface area contributed by atoms with Crippen LogP contribution in [0, 0.1) is 19.8 Å². The molecule has 1 N–H and O–H groups in total. The summed E-state index contributed by atoms with van der Waals surface area (Å²) in [6.07, 6.45) is 5.34. The van der Waals surface area contributed by atoms with Crippen molar-refractivity contribution >= 4 is 5.69 Å². The highest BCUT2D eigenvalue weighted by molar-refractivity contribution is 5.48. The van der Waals surface area contributed by atoms with Gasteiger partial charge in [-0.15, -0.1) is 0 Å². The van der Waals surface area contributed by atoms with Crippen LogP contribution < -0.4 is 5.32 Å². The van der Waals surface area contributed by atoms with E-state index >= 15 is 0 Å². The third-order valence-electron chi connectivity index (χ3n) is 3.70. The summed E-state index contributed by atoms with van der Waals surface area (Å²) in [5, 5.41) is 3.64. The van der Waals surface area contributed by atoms with Gasteiger partial charge in [0.15, 0.2) is 0 Å². The number of rotatable bonds is 3. The first-order valence-corrected chi connectivity index (χ1v) is 6.39. The van der Waals surface area contributed by atoms with Crippen molar-refractivity contribution in [3.63, 3.8) is 0 Å². The quantitative estimate of drug-likeness (QED) is 0.837. The van der Waals surface area contributed by atoms with Gasteiger partial charge in [-0.1, -0.05) is 13.3 Å². The van der Waals surface area contributed by atoms with E-state index in [0.29, 0.717) is 6.04 Å². The van der Waals surface area contributed by atoms with Crippen LogP contribution >= 0.6 is 0 Å². The minimum absolute atomic E-state index is 0.660. The van der Waals surface area contributed by atoms with Crippen molar-refractivity contribution in [3.05, 3.63) is 23.5 Å². The number of hydrogen-bond acceptors (Lipinski definition) is 2. The van der Waals surface area contributed by atoms with Gasteiger partial charge in [0, 0.05) is 11.7 Å². The average Bonchev–Trinajstić information content (AvgIpc) is 2.70. The molecule has 0 saturated heterocycles. The second-order valence-corrected chi connectivity index (χ2v) is 5.01. The molecule has 0 aliphatic heterocycles. The van der Waals surface area contributed by atoms with Crippen LogP contribution in [0.25, 0.3) is 0 Å².